The van der Waals surface area contributed by atoms with Gasteiger partial charge in [-0.1, -0.05) is 0 Å². The number of amides is 1. The number of nitrogens with two attached hydrogens (primary N) is 2. The van der Waals surface area contributed by atoms with Crippen molar-refractivity contribution in [1.82, 2.24) is 9.55 Å². The maximum Gasteiger partial charge on any atom is 0.418 e. The Balaban J connectivity index is 2.56. The molecular weight excluding hydrogens is 380 g/mol. The van der Waals surface area contributed by atoms with E-state index in [9.17, 15) is 27.5 Å². The van der Waals surface area contributed by atoms with Gasteiger partial charge in [0.05, 0.1) is 22.5 Å². The number of aromatic nitrogens is 2. The Hall–Kier alpha value is -3.30. The minimum atomic E-state index is -4.71. The molecule has 3 rings (SSSR count). The fourth-order valence-electron chi connectivity index (χ4n) is 3.27. The molecule has 148 valence electrons. The number of aryl methyl sites for hydroxylation is 1. The first kappa shape index (κ1) is 19.5. The van der Waals surface area contributed by atoms with E-state index in [0.717, 1.165) is 23.6 Å². The van der Waals surface area contributed by atoms with Crippen molar-refractivity contribution in [2.75, 3.05) is 5.73 Å². The Kier molecular flexibility index (Phi) is 4.25. The van der Waals surface area contributed by atoms with Gasteiger partial charge in [-0.05, 0) is 26.8 Å². The molecule has 0 saturated carbocycles. The molecule has 10 heteroatoms. The van der Waals surface area contributed by atoms with E-state index in [1.54, 1.807) is 0 Å². The van der Waals surface area contributed by atoms with Gasteiger partial charge in [-0.25, -0.2) is 9.37 Å². The van der Waals surface area contributed by atoms with Crippen LogP contribution in [0.3, 0.4) is 0 Å². The molecule has 6 nitrogen and oxygen atoms in total. The number of nitrogen functional groups attached to an aromatic ring is 1. The quantitative estimate of drug-likeness (QED) is 0.576. The van der Waals surface area contributed by atoms with E-state index >= 15 is 0 Å². The van der Waals surface area contributed by atoms with Crippen LogP contribution in [0.25, 0.3) is 16.7 Å². The molecule has 0 spiro atoms. The summed E-state index contributed by atoms with van der Waals surface area (Å²) in [5.41, 5.74) is 9.84. The SMILES string of the molecule is Cc1nc2c(cc1C(F)(F)F)c(C(N)=O)c(N)n2-c1c(C)c(O)cc(F)c1C. The van der Waals surface area contributed by atoms with E-state index < -0.39 is 23.5 Å². The van der Waals surface area contributed by atoms with Crippen molar-refractivity contribution in [2.24, 2.45) is 5.73 Å². The second-order valence-corrected chi connectivity index (χ2v) is 6.43. The number of halogens is 4. The van der Waals surface area contributed by atoms with Crippen molar-refractivity contribution in [2.45, 2.75) is 26.9 Å². The smallest absolute Gasteiger partial charge is 0.418 e. The molecule has 0 aliphatic carbocycles. The molecule has 0 radical (unpaired) electrons. The van der Waals surface area contributed by atoms with E-state index in [1.165, 1.54) is 13.8 Å². The van der Waals surface area contributed by atoms with Gasteiger partial charge in [-0.2, -0.15) is 13.2 Å². The van der Waals surface area contributed by atoms with Gasteiger partial charge >= 0.3 is 6.18 Å². The highest BCUT2D eigenvalue weighted by Crippen LogP contribution is 2.39. The molecule has 2 aromatic heterocycles. The summed E-state index contributed by atoms with van der Waals surface area (Å²) in [6.07, 6.45) is -4.71. The molecule has 1 aromatic carbocycles. The lowest BCUT2D eigenvalue weighted by atomic mass is 10.1. The van der Waals surface area contributed by atoms with E-state index in [1.807, 2.05) is 0 Å². The molecule has 3 aromatic rings. The Morgan fingerprint density at radius 3 is 2.32 bits per heavy atom. The lowest BCUT2D eigenvalue weighted by molar-refractivity contribution is -0.138. The average molecular weight is 396 g/mol. The Morgan fingerprint density at radius 1 is 1.18 bits per heavy atom. The number of benzene rings is 1. The van der Waals surface area contributed by atoms with Gasteiger partial charge in [-0.3, -0.25) is 9.36 Å². The van der Waals surface area contributed by atoms with Crippen LogP contribution in [0, 0.1) is 26.6 Å². The van der Waals surface area contributed by atoms with Crippen LogP contribution in [0.4, 0.5) is 23.4 Å². The van der Waals surface area contributed by atoms with Crippen molar-refractivity contribution in [3.63, 3.8) is 0 Å². The fraction of sp³-hybridized carbons (Fsp3) is 0.222. The van der Waals surface area contributed by atoms with Gasteiger partial charge in [-0.15, -0.1) is 0 Å². The van der Waals surface area contributed by atoms with E-state index in [0.29, 0.717) is 0 Å². The number of anilines is 1. The third-order valence-electron chi connectivity index (χ3n) is 4.66. The number of hydrogen-bond donors (Lipinski definition) is 3. The predicted molar refractivity (Wildman–Crippen MR) is 94.8 cm³/mol. The van der Waals surface area contributed by atoms with Crippen molar-refractivity contribution in [3.8, 4) is 11.4 Å². The molecule has 0 atom stereocenters. The van der Waals surface area contributed by atoms with Crippen LogP contribution < -0.4 is 11.5 Å². The monoisotopic (exact) mass is 396 g/mol. The molecule has 28 heavy (non-hydrogen) atoms. The third kappa shape index (κ3) is 2.72. The zero-order valence-corrected chi connectivity index (χ0v) is 15.1. The van der Waals surface area contributed by atoms with Crippen LogP contribution in [0.1, 0.15) is 32.7 Å². The van der Waals surface area contributed by atoms with Crippen LogP contribution in [0.15, 0.2) is 12.1 Å². The number of phenolic OH excluding ortho intramolecular Hbond substituents is 1. The summed E-state index contributed by atoms with van der Waals surface area (Å²) in [7, 11) is 0. The number of rotatable bonds is 2. The number of phenols is 1. The minimum Gasteiger partial charge on any atom is -0.507 e. The average Bonchev–Trinajstić information content (AvgIpc) is 2.83. The molecule has 0 unspecified atom stereocenters. The van der Waals surface area contributed by atoms with Crippen LogP contribution in [-0.2, 0) is 6.18 Å². The van der Waals surface area contributed by atoms with Gasteiger partial charge < -0.3 is 16.6 Å². The summed E-state index contributed by atoms with van der Waals surface area (Å²) >= 11 is 0. The third-order valence-corrected chi connectivity index (χ3v) is 4.66. The van der Waals surface area contributed by atoms with E-state index in [4.69, 9.17) is 11.5 Å². The zero-order valence-electron chi connectivity index (χ0n) is 15.1. The molecule has 0 bridgehead atoms. The molecule has 5 N–H and O–H groups in total. The van der Waals surface area contributed by atoms with Crippen molar-refractivity contribution in [1.29, 1.82) is 0 Å². The number of carbonyl (C=O) groups excluding carboxylic acids is 1. The first-order valence-electron chi connectivity index (χ1n) is 8.03. The number of carbonyl (C=O) groups is 1. The number of fused-ring (bicyclic) bond motifs is 1. The highest BCUT2D eigenvalue weighted by Gasteiger charge is 2.35. The topological polar surface area (TPSA) is 107 Å². The van der Waals surface area contributed by atoms with Gasteiger partial charge in [0.2, 0.25) is 0 Å². The van der Waals surface area contributed by atoms with Crippen molar-refractivity contribution < 1.29 is 27.5 Å². The van der Waals surface area contributed by atoms with E-state index in [2.05, 4.69) is 4.98 Å². The molecule has 0 saturated heterocycles. The Bertz CT molecular complexity index is 1120. The summed E-state index contributed by atoms with van der Waals surface area (Å²) in [6, 6.07) is 1.65. The van der Waals surface area contributed by atoms with Gasteiger partial charge in [0.25, 0.3) is 5.91 Å². The Morgan fingerprint density at radius 2 is 1.79 bits per heavy atom. The fourth-order valence-corrected chi connectivity index (χ4v) is 3.27. The molecule has 1 amide bonds. The molecular formula is C18H16F4N4O2. The lowest BCUT2D eigenvalue weighted by Crippen LogP contribution is -2.14. The number of pyridine rings is 1. The number of aromatic hydroxyl groups is 1. The van der Waals surface area contributed by atoms with Crippen LogP contribution in [-0.4, -0.2) is 20.6 Å². The summed E-state index contributed by atoms with van der Waals surface area (Å²) in [5.74, 6) is -2.51. The standard InChI is InChI=1S/C18H16F4N4O2/c1-6-11(19)5-12(27)7(2)14(6)26-15(23)13(16(24)28)9-4-10(18(20,21)22)8(3)25-17(9)26/h4-5,27H,23H2,1-3H3,(H2,24,28). The second-order valence-electron chi connectivity index (χ2n) is 6.43. The van der Waals surface area contributed by atoms with Crippen molar-refractivity contribution in [3.05, 3.63) is 45.9 Å². The van der Waals surface area contributed by atoms with Gasteiger partial charge in [0.15, 0.2) is 0 Å². The highest BCUT2D eigenvalue weighted by atomic mass is 19.4. The largest absolute Gasteiger partial charge is 0.507 e. The van der Waals surface area contributed by atoms with Crippen LogP contribution in [0.2, 0.25) is 0 Å². The molecule has 0 aliphatic rings. The maximum atomic E-state index is 14.2. The minimum absolute atomic E-state index is 0.0641. The predicted octanol–water partition coefficient (Wildman–Crippen LogP) is 3.50. The van der Waals surface area contributed by atoms with Gasteiger partial charge in [0, 0.05) is 22.6 Å². The first-order valence-corrected chi connectivity index (χ1v) is 8.03. The zero-order chi connectivity index (χ0) is 21.1. The maximum absolute atomic E-state index is 14.2. The highest BCUT2D eigenvalue weighted by molar-refractivity contribution is 6.11. The van der Waals surface area contributed by atoms with E-state index in [-0.39, 0.29) is 50.7 Å². The summed E-state index contributed by atoms with van der Waals surface area (Å²) in [5, 5.41) is 9.78. The number of alkyl halides is 3. The molecule has 0 fully saturated rings. The molecule has 0 aliphatic heterocycles. The van der Waals surface area contributed by atoms with Crippen LogP contribution in [0.5, 0.6) is 5.75 Å². The molecule has 2 heterocycles. The number of primary amides is 1. The summed E-state index contributed by atoms with van der Waals surface area (Å²) in [6.45, 7) is 4.04. The normalized spacial score (nSPS) is 12.0. The number of nitrogens with zero attached hydrogens (tertiary/aromatic N) is 2. The lowest BCUT2D eigenvalue weighted by Gasteiger charge is -2.16. The summed E-state index contributed by atoms with van der Waals surface area (Å²) in [4.78, 5) is 15.9. The van der Waals surface area contributed by atoms with Crippen LogP contribution >= 0.6 is 0 Å². The number of hydrogen-bond acceptors (Lipinski definition) is 4. The first-order chi connectivity index (χ1) is 12.9. The second kappa shape index (κ2) is 6.11. The Labute approximate surface area is 156 Å². The van der Waals surface area contributed by atoms with Gasteiger partial charge in [0.1, 0.15) is 23.0 Å². The summed E-state index contributed by atoms with van der Waals surface area (Å²) < 4.78 is 55.3. The van der Waals surface area contributed by atoms with Crippen molar-refractivity contribution >= 4 is 22.8 Å².